The lowest BCUT2D eigenvalue weighted by atomic mass is 9.81. The Hall–Kier alpha value is -2.39. The predicted molar refractivity (Wildman–Crippen MR) is 217 cm³/mol. The Morgan fingerprint density at radius 2 is 1.85 bits per heavy atom. The second-order valence-electron chi connectivity index (χ2n) is 12.3. The molecule has 256 valence electrons. The first kappa shape index (κ1) is 38.4. The maximum atomic E-state index is 6.99. The van der Waals surface area contributed by atoms with Crippen LogP contribution in [0.5, 0.6) is 5.88 Å². The van der Waals surface area contributed by atoms with Gasteiger partial charge in [-0.25, -0.2) is 4.98 Å². The number of benzene rings is 2. The molecule has 1 heterocycles. The minimum absolute atomic E-state index is 0.190. The number of thioether (sulfide) groups is 1. The van der Waals surface area contributed by atoms with Crippen LogP contribution in [0.25, 0.3) is 17.2 Å². The summed E-state index contributed by atoms with van der Waals surface area (Å²) >= 11 is 10.7. The molecular formula is C41H51ClIN3OS. The van der Waals surface area contributed by atoms with E-state index in [1.165, 1.54) is 11.1 Å². The van der Waals surface area contributed by atoms with Crippen LogP contribution in [0.1, 0.15) is 118 Å². The quantitative estimate of drug-likeness (QED) is 0.0614. The lowest BCUT2D eigenvalue weighted by molar-refractivity contribution is 0.289. The van der Waals surface area contributed by atoms with Gasteiger partial charge in [-0.05, 0) is 102 Å². The van der Waals surface area contributed by atoms with Crippen LogP contribution in [0.15, 0.2) is 72.4 Å². The van der Waals surface area contributed by atoms with Gasteiger partial charge in [0.15, 0.2) is 5.16 Å². The van der Waals surface area contributed by atoms with E-state index in [1.807, 2.05) is 44.4 Å². The first-order valence-corrected chi connectivity index (χ1v) is 20.1. The summed E-state index contributed by atoms with van der Waals surface area (Å²) in [6.07, 6.45) is 16.3. The topological polar surface area (TPSA) is 47.0 Å². The number of nitrogens with one attached hydrogen (secondary N) is 1. The van der Waals surface area contributed by atoms with Crippen molar-refractivity contribution >= 4 is 63.4 Å². The highest BCUT2D eigenvalue weighted by Gasteiger charge is 2.57. The molecule has 0 bridgehead atoms. The van der Waals surface area contributed by atoms with E-state index in [-0.39, 0.29) is 5.41 Å². The third-order valence-corrected chi connectivity index (χ3v) is 10.6. The van der Waals surface area contributed by atoms with Gasteiger partial charge in [0.05, 0.1) is 11.3 Å². The molecule has 0 saturated heterocycles. The van der Waals surface area contributed by atoms with Crippen LogP contribution in [0.4, 0.5) is 0 Å². The average molecular weight is 796 g/mol. The first-order chi connectivity index (χ1) is 23.3. The molecule has 0 unspecified atom stereocenters. The first-order valence-electron chi connectivity index (χ1n) is 17.4. The monoisotopic (exact) mass is 795 g/mol. The molecule has 2 aromatic carbocycles. The van der Waals surface area contributed by atoms with Gasteiger partial charge in [-0.3, -0.25) is 3.53 Å². The van der Waals surface area contributed by atoms with E-state index in [4.69, 9.17) is 32.9 Å². The largest absolute Gasteiger partial charge is 0.472 e. The number of hydrogen-bond donors (Lipinski definition) is 1. The van der Waals surface area contributed by atoms with Crippen molar-refractivity contribution in [3.63, 3.8) is 0 Å². The van der Waals surface area contributed by atoms with E-state index in [0.29, 0.717) is 18.4 Å². The highest BCUT2D eigenvalue weighted by Crippen LogP contribution is 2.66. The van der Waals surface area contributed by atoms with Gasteiger partial charge >= 0.3 is 0 Å². The SMILES string of the molecule is C=Cc1c(C)cc(Cl)c(C2CC2)c1C(=C)C1=C(/C=C\CCCC)c2c(OCc3ccccc3)nc(SC)nc2C12CC2.CC.CCNI. The molecule has 7 heteroatoms. The van der Waals surface area contributed by atoms with Crippen molar-refractivity contribution in [2.75, 3.05) is 12.8 Å². The fourth-order valence-corrected chi connectivity index (χ4v) is 7.25. The van der Waals surface area contributed by atoms with Crippen molar-refractivity contribution in [2.24, 2.45) is 0 Å². The van der Waals surface area contributed by atoms with Gasteiger partial charge < -0.3 is 4.74 Å². The Kier molecular flexibility index (Phi) is 14.4. The molecule has 0 aliphatic heterocycles. The van der Waals surface area contributed by atoms with Crippen LogP contribution in [0.3, 0.4) is 0 Å². The lowest BCUT2D eigenvalue weighted by Crippen LogP contribution is -2.13. The van der Waals surface area contributed by atoms with Crippen molar-refractivity contribution in [1.29, 1.82) is 0 Å². The number of fused-ring (bicyclic) bond motifs is 2. The molecular weight excluding hydrogens is 745 g/mol. The van der Waals surface area contributed by atoms with Crippen molar-refractivity contribution in [3.05, 3.63) is 111 Å². The van der Waals surface area contributed by atoms with E-state index >= 15 is 0 Å². The zero-order chi connectivity index (χ0) is 34.8. The summed E-state index contributed by atoms with van der Waals surface area (Å²) in [7, 11) is 0. The number of halogens is 2. The van der Waals surface area contributed by atoms with Crippen LogP contribution in [0, 0.1) is 6.92 Å². The summed E-state index contributed by atoms with van der Waals surface area (Å²) < 4.78 is 9.45. The van der Waals surface area contributed by atoms with Crippen LogP contribution in [0.2, 0.25) is 5.02 Å². The van der Waals surface area contributed by atoms with Crippen LogP contribution in [-0.4, -0.2) is 22.8 Å². The number of unbranched alkanes of at least 4 members (excludes halogenated alkanes) is 2. The molecule has 1 aromatic heterocycles. The molecule has 1 N–H and O–H groups in total. The average Bonchev–Trinajstić information content (AvgIpc) is 4.05. The maximum Gasteiger partial charge on any atom is 0.226 e. The second kappa shape index (κ2) is 18.0. The highest BCUT2D eigenvalue weighted by molar-refractivity contribution is 14.1. The van der Waals surface area contributed by atoms with Gasteiger partial charge in [-0.15, -0.1) is 0 Å². The van der Waals surface area contributed by atoms with Gasteiger partial charge in [-0.1, -0.05) is 126 Å². The molecule has 0 radical (unpaired) electrons. The molecule has 1 spiro atoms. The Balaban J connectivity index is 0.000000808. The smallest absolute Gasteiger partial charge is 0.226 e. The molecule has 2 saturated carbocycles. The Labute approximate surface area is 312 Å². The minimum Gasteiger partial charge on any atom is -0.472 e. The van der Waals surface area contributed by atoms with Crippen molar-refractivity contribution in [3.8, 4) is 5.88 Å². The molecule has 6 rings (SSSR count). The minimum atomic E-state index is -0.190. The summed E-state index contributed by atoms with van der Waals surface area (Å²) in [5.74, 6) is 1.13. The van der Waals surface area contributed by atoms with E-state index in [0.717, 1.165) is 106 Å². The highest BCUT2D eigenvalue weighted by atomic mass is 127. The fourth-order valence-electron chi connectivity index (χ4n) is 6.48. The number of allylic oxidation sites excluding steroid dienone is 5. The lowest BCUT2D eigenvalue weighted by Gasteiger charge is -2.23. The third-order valence-electron chi connectivity index (χ3n) is 8.98. The standard InChI is InChI=1S/C37H39ClN2OS.C2H6IN.C2H6/c1-6-8-9-13-16-28-32-34(39-36(42-5)40-35(32)41-22-25-14-11-10-12-15-25)37(19-20-37)33(28)24(4)30-27(7-2)23(3)21-29(38)31(30)26-17-18-26;1-2-4-3;1-2/h7,10-16,21,26H,2,4,6,8-9,17-20,22H2,1,3,5H3;4H,2H2,1H3;1-2H3/b16-13-;;. The van der Waals surface area contributed by atoms with Crippen LogP contribution in [-0.2, 0) is 12.0 Å². The fraction of sp³-hybridized carbons (Fsp3) is 0.415. The summed E-state index contributed by atoms with van der Waals surface area (Å²) in [6.45, 7) is 21.0. The molecule has 3 aromatic rings. The summed E-state index contributed by atoms with van der Waals surface area (Å²) in [4.78, 5) is 10.1. The number of aromatic nitrogens is 2. The molecule has 0 atom stereocenters. The van der Waals surface area contributed by atoms with E-state index < -0.39 is 0 Å². The predicted octanol–water partition coefficient (Wildman–Crippen LogP) is 12.5. The molecule has 48 heavy (non-hydrogen) atoms. The Morgan fingerprint density at radius 1 is 1.17 bits per heavy atom. The second-order valence-corrected chi connectivity index (χ2v) is 14.2. The Bertz CT molecular complexity index is 1660. The maximum absolute atomic E-state index is 6.99. The van der Waals surface area contributed by atoms with E-state index in [9.17, 15) is 0 Å². The van der Waals surface area contributed by atoms with Crippen molar-refractivity contribution in [1.82, 2.24) is 13.5 Å². The van der Waals surface area contributed by atoms with E-state index in [2.05, 4.69) is 84.1 Å². The molecule has 4 nitrogen and oxygen atoms in total. The number of aryl methyl sites for hydroxylation is 1. The van der Waals surface area contributed by atoms with Gasteiger partial charge in [0.2, 0.25) is 5.88 Å². The van der Waals surface area contributed by atoms with E-state index in [1.54, 1.807) is 11.8 Å². The third kappa shape index (κ3) is 8.31. The van der Waals surface area contributed by atoms with Crippen molar-refractivity contribution < 1.29 is 4.74 Å². The van der Waals surface area contributed by atoms with Crippen LogP contribution < -0.4 is 8.27 Å². The van der Waals surface area contributed by atoms with Gasteiger partial charge in [0.1, 0.15) is 6.61 Å². The molecule has 2 fully saturated rings. The molecule has 3 aliphatic carbocycles. The van der Waals surface area contributed by atoms with Gasteiger partial charge in [0, 0.05) is 39.8 Å². The number of hydrogen-bond acceptors (Lipinski definition) is 5. The summed E-state index contributed by atoms with van der Waals surface area (Å²) in [5, 5.41) is 1.59. The molecule has 3 aliphatic rings. The van der Waals surface area contributed by atoms with Crippen molar-refractivity contribution in [2.45, 2.75) is 103 Å². The van der Waals surface area contributed by atoms with Crippen LogP contribution >= 0.6 is 46.2 Å². The number of rotatable bonds is 13. The Morgan fingerprint density at radius 3 is 2.42 bits per heavy atom. The number of ether oxygens (including phenoxy) is 1. The van der Waals surface area contributed by atoms with Gasteiger partial charge in [0.25, 0.3) is 0 Å². The number of nitrogens with zero attached hydrogens (tertiary/aromatic N) is 2. The summed E-state index contributed by atoms with van der Waals surface area (Å²) in [6, 6.07) is 12.4. The zero-order valence-corrected chi connectivity index (χ0v) is 33.2. The zero-order valence-electron chi connectivity index (χ0n) is 29.5. The summed E-state index contributed by atoms with van der Waals surface area (Å²) in [5.41, 5.74) is 11.1. The van der Waals surface area contributed by atoms with Gasteiger partial charge in [-0.2, -0.15) is 4.98 Å². The normalized spacial score (nSPS) is 15.4. The molecule has 0 amide bonds.